The predicted molar refractivity (Wildman–Crippen MR) is 99.5 cm³/mol. The molecule has 0 fully saturated rings. The van der Waals surface area contributed by atoms with Crippen LogP contribution < -0.4 is 14.4 Å². The Kier molecular flexibility index (Phi) is 4.85. The van der Waals surface area contributed by atoms with Crippen LogP contribution >= 0.6 is 11.8 Å². The predicted octanol–water partition coefficient (Wildman–Crippen LogP) is 3.94. The van der Waals surface area contributed by atoms with Gasteiger partial charge in [-0.1, -0.05) is 12.1 Å². The average Bonchev–Trinajstić information content (AvgIpc) is 3.05. The highest BCUT2D eigenvalue weighted by Gasteiger charge is 2.14. The molecule has 0 saturated carbocycles. The quantitative estimate of drug-likeness (QED) is 0.687. The van der Waals surface area contributed by atoms with Gasteiger partial charge in [0.2, 0.25) is 5.95 Å². The number of rotatable bonds is 6. The van der Waals surface area contributed by atoms with Crippen molar-refractivity contribution in [3.8, 4) is 11.5 Å². The molecule has 3 aromatic rings. The second kappa shape index (κ2) is 7.05. The van der Waals surface area contributed by atoms with Crippen LogP contribution in [0.15, 0.2) is 41.3 Å². The minimum absolute atomic E-state index is 0.719. The van der Waals surface area contributed by atoms with Gasteiger partial charge in [-0.25, -0.2) is 4.98 Å². The van der Waals surface area contributed by atoms with Crippen LogP contribution in [0.1, 0.15) is 5.56 Å². The van der Waals surface area contributed by atoms with Gasteiger partial charge in [-0.05, 0) is 36.1 Å². The number of benzene rings is 2. The van der Waals surface area contributed by atoms with E-state index < -0.39 is 0 Å². The van der Waals surface area contributed by atoms with Gasteiger partial charge in [0.1, 0.15) is 0 Å². The fraction of sp³-hybridized carbons (Fsp3) is 0.278. The molecule has 0 atom stereocenters. The zero-order chi connectivity index (χ0) is 17.1. The minimum Gasteiger partial charge on any atom is -0.493 e. The molecule has 0 aliphatic rings. The molecule has 0 unspecified atom stereocenters. The van der Waals surface area contributed by atoms with Gasteiger partial charge in [-0.15, -0.1) is 11.8 Å². The fourth-order valence-electron chi connectivity index (χ4n) is 2.67. The molecular weight excluding hydrogens is 322 g/mol. The van der Waals surface area contributed by atoms with Gasteiger partial charge in [-0.3, -0.25) is 0 Å². The lowest BCUT2D eigenvalue weighted by Gasteiger charge is -2.19. The zero-order valence-electron chi connectivity index (χ0n) is 14.3. The van der Waals surface area contributed by atoms with E-state index in [-0.39, 0.29) is 0 Å². The fourth-order valence-corrected chi connectivity index (χ4v) is 3.28. The number of hydrogen-bond donors (Lipinski definition) is 1. The van der Waals surface area contributed by atoms with Crippen LogP contribution in [0.2, 0.25) is 0 Å². The number of thioether (sulfide) groups is 1. The summed E-state index contributed by atoms with van der Waals surface area (Å²) < 4.78 is 10.8. The maximum Gasteiger partial charge on any atom is 0.203 e. The summed E-state index contributed by atoms with van der Waals surface area (Å²) in [5.41, 5.74) is 3.18. The van der Waals surface area contributed by atoms with Crippen LogP contribution in [0.25, 0.3) is 11.0 Å². The maximum atomic E-state index is 5.44. The van der Waals surface area contributed by atoms with Crippen molar-refractivity contribution in [1.29, 1.82) is 0 Å². The molecule has 0 amide bonds. The summed E-state index contributed by atoms with van der Waals surface area (Å²) in [6, 6.07) is 12.1. The van der Waals surface area contributed by atoms with E-state index in [9.17, 15) is 0 Å². The summed E-state index contributed by atoms with van der Waals surface area (Å²) in [5, 5.41) is 0. The Bertz CT molecular complexity index is 814. The van der Waals surface area contributed by atoms with E-state index >= 15 is 0 Å². The van der Waals surface area contributed by atoms with Gasteiger partial charge >= 0.3 is 0 Å². The third-order valence-corrected chi connectivity index (χ3v) is 4.75. The van der Waals surface area contributed by atoms with E-state index in [4.69, 9.17) is 9.47 Å². The topological polar surface area (TPSA) is 50.4 Å². The monoisotopic (exact) mass is 343 g/mol. The number of hydrogen-bond acceptors (Lipinski definition) is 5. The number of imidazole rings is 1. The Morgan fingerprint density at radius 2 is 1.83 bits per heavy atom. The summed E-state index contributed by atoms with van der Waals surface area (Å²) in [4.78, 5) is 11.3. The highest BCUT2D eigenvalue weighted by atomic mass is 32.2. The number of fused-ring (bicyclic) bond motifs is 1. The first-order valence-corrected chi connectivity index (χ1v) is 8.83. The summed E-state index contributed by atoms with van der Waals surface area (Å²) in [6.45, 7) is 0.719. The van der Waals surface area contributed by atoms with E-state index in [1.807, 2.05) is 43.4 Å². The lowest BCUT2D eigenvalue weighted by Crippen LogP contribution is -2.18. The van der Waals surface area contributed by atoms with Gasteiger partial charge in [0.25, 0.3) is 0 Å². The highest BCUT2D eigenvalue weighted by molar-refractivity contribution is 7.98. The summed E-state index contributed by atoms with van der Waals surface area (Å²) in [5.74, 6) is 2.33. The third-order valence-electron chi connectivity index (χ3n) is 3.93. The van der Waals surface area contributed by atoms with Crippen molar-refractivity contribution in [2.75, 3.05) is 32.4 Å². The molecule has 0 aliphatic heterocycles. The Morgan fingerprint density at radius 3 is 2.50 bits per heavy atom. The molecule has 0 aliphatic carbocycles. The smallest absolute Gasteiger partial charge is 0.203 e. The lowest BCUT2D eigenvalue weighted by atomic mass is 10.2. The van der Waals surface area contributed by atoms with Crippen molar-refractivity contribution >= 4 is 28.7 Å². The standard InChI is InChI=1S/C18H21N3O2S/c1-21(18-19-13-7-5-6-8-14(13)20-18)11-12-9-15(22-2)16(23-3)10-17(12)24-4/h5-10H,11H2,1-4H3,(H,19,20). The van der Waals surface area contributed by atoms with Crippen LogP contribution in [0.3, 0.4) is 0 Å². The Labute approximate surface area is 146 Å². The van der Waals surface area contributed by atoms with E-state index in [1.54, 1.807) is 26.0 Å². The van der Waals surface area contributed by atoms with Crippen LogP contribution in [0, 0.1) is 0 Å². The first-order valence-electron chi connectivity index (χ1n) is 7.61. The van der Waals surface area contributed by atoms with Gasteiger partial charge in [0, 0.05) is 18.5 Å². The maximum absolute atomic E-state index is 5.44. The number of ether oxygens (including phenoxy) is 2. The van der Waals surface area contributed by atoms with E-state index in [0.717, 1.165) is 39.9 Å². The Hall–Kier alpha value is -2.34. The normalized spacial score (nSPS) is 10.8. The van der Waals surface area contributed by atoms with Crippen molar-refractivity contribution < 1.29 is 9.47 Å². The second-order valence-corrected chi connectivity index (χ2v) is 6.30. The third kappa shape index (κ3) is 3.14. The zero-order valence-corrected chi connectivity index (χ0v) is 15.1. The Morgan fingerprint density at radius 1 is 1.12 bits per heavy atom. The molecule has 2 aromatic carbocycles. The average molecular weight is 343 g/mol. The lowest BCUT2D eigenvalue weighted by molar-refractivity contribution is 0.353. The Balaban J connectivity index is 1.91. The first-order chi connectivity index (χ1) is 11.7. The molecule has 126 valence electrons. The molecule has 0 spiro atoms. The molecule has 24 heavy (non-hydrogen) atoms. The van der Waals surface area contributed by atoms with Crippen molar-refractivity contribution in [1.82, 2.24) is 9.97 Å². The number of aromatic amines is 1. The van der Waals surface area contributed by atoms with Crippen molar-refractivity contribution in [2.45, 2.75) is 11.4 Å². The minimum atomic E-state index is 0.719. The number of nitrogens with zero attached hydrogens (tertiary/aromatic N) is 2. The van der Waals surface area contributed by atoms with Gasteiger partial charge in [0.05, 0.1) is 25.3 Å². The largest absolute Gasteiger partial charge is 0.493 e. The van der Waals surface area contributed by atoms with Crippen LogP contribution in [-0.2, 0) is 6.54 Å². The molecule has 5 nitrogen and oxygen atoms in total. The first kappa shape index (κ1) is 16.5. The van der Waals surface area contributed by atoms with Crippen LogP contribution in [0.5, 0.6) is 11.5 Å². The van der Waals surface area contributed by atoms with Crippen molar-refractivity contribution in [3.05, 3.63) is 42.0 Å². The SMILES string of the molecule is COc1cc(CN(C)c2nc3ccccc3[nH]2)c(SC)cc1OC. The molecule has 6 heteroatoms. The van der Waals surface area contributed by atoms with E-state index in [1.165, 1.54) is 5.56 Å². The number of H-pyrrole nitrogens is 1. The molecule has 1 aromatic heterocycles. The molecule has 1 N–H and O–H groups in total. The number of nitrogens with one attached hydrogen (secondary N) is 1. The van der Waals surface area contributed by atoms with E-state index in [2.05, 4.69) is 21.1 Å². The second-order valence-electron chi connectivity index (χ2n) is 5.45. The summed E-state index contributed by atoms with van der Waals surface area (Å²) in [6.07, 6.45) is 2.06. The molecule has 1 heterocycles. The van der Waals surface area contributed by atoms with Crippen LogP contribution in [0.4, 0.5) is 5.95 Å². The van der Waals surface area contributed by atoms with E-state index in [0.29, 0.717) is 0 Å². The summed E-state index contributed by atoms with van der Waals surface area (Å²) >= 11 is 1.69. The van der Waals surface area contributed by atoms with Gasteiger partial charge in [0.15, 0.2) is 11.5 Å². The number of anilines is 1. The number of aromatic nitrogens is 2. The number of methoxy groups -OCH3 is 2. The molecule has 0 saturated heterocycles. The van der Waals surface area contributed by atoms with Crippen LogP contribution in [-0.4, -0.2) is 37.5 Å². The van der Waals surface area contributed by atoms with Gasteiger partial charge in [-0.2, -0.15) is 0 Å². The van der Waals surface area contributed by atoms with Crippen molar-refractivity contribution in [2.24, 2.45) is 0 Å². The van der Waals surface area contributed by atoms with Gasteiger partial charge < -0.3 is 19.4 Å². The molecule has 0 radical (unpaired) electrons. The molecular formula is C18H21N3O2S. The van der Waals surface area contributed by atoms with Crippen molar-refractivity contribution in [3.63, 3.8) is 0 Å². The highest BCUT2D eigenvalue weighted by Crippen LogP contribution is 2.35. The molecule has 0 bridgehead atoms. The molecule has 3 rings (SSSR count). The summed E-state index contributed by atoms with van der Waals surface area (Å²) in [7, 11) is 5.34. The number of para-hydroxylation sites is 2.